The quantitative estimate of drug-likeness (QED) is 0.718. The molecule has 0 unspecified atom stereocenters. The first-order valence-electron chi connectivity index (χ1n) is 4.24. The minimum atomic E-state index is -0.0648. The highest BCUT2D eigenvalue weighted by Crippen LogP contribution is 2.19. The van der Waals surface area contributed by atoms with Crippen LogP contribution in [0, 0.1) is 5.77 Å². The van der Waals surface area contributed by atoms with E-state index in [1.165, 1.54) is 5.77 Å². The molecule has 0 N–H and O–H groups in total. The Morgan fingerprint density at radius 3 is 1.67 bits per heavy atom. The molecule has 0 spiro atoms. The van der Waals surface area contributed by atoms with Crippen LogP contribution in [0.3, 0.4) is 0 Å². The Balaban J connectivity index is 2.07. The van der Waals surface area contributed by atoms with Crippen molar-refractivity contribution in [1.82, 2.24) is 0 Å². The van der Waals surface area contributed by atoms with Gasteiger partial charge in [-0.15, -0.1) is 0 Å². The summed E-state index contributed by atoms with van der Waals surface area (Å²) in [6.07, 6.45) is 0. The number of ether oxygens (including phenoxy) is 2. The smallest absolute Gasteiger partial charge is 0.381 e. The fourth-order valence-electron chi connectivity index (χ4n) is 1.01. The number of hydrogen-bond acceptors (Lipinski definition) is 4. The monoisotopic (exact) mass is 353 g/mol. The first kappa shape index (κ1) is 11.2. The molecule has 5 heteroatoms. The molecule has 0 fully saturated rings. The third-order valence-corrected chi connectivity index (χ3v) is 7.49. The Morgan fingerprint density at radius 1 is 0.867 bits per heavy atom. The number of rotatable bonds is 4. The predicted molar refractivity (Wildman–Crippen MR) is 59.1 cm³/mol. The topological polar surface area (TPSA) is 18.5 Å². The molecule has 2 nitrogen and oxygen atoms in total. The van der Waals surface area contributed by atoms with Gasteiger partial charge >= 0.3 is 21.2 Å². The van der Waals surface area contributed by atoms with E-state index in [4.69, 9.17) is 9.47 Å². The molecule has 0 bridgehead atoms. The summed E-state index contributed by atoms with van der Waals surface area (Å²) in [5.74, 6) is 0. The Morgan fingerprint density at radius 2 is 1.33 bits per heavy atom. The molecule has 2 rings (SSSR count). The van der Waals surface area contributed by atoms with Gasteiger partial charge in [-0.1, -0.05) is 22.7 Å². The van der Waals surface area contributed by atoms with E-state index in [1.807, 2.05) is 12.1 Å². The van der Waals surface area contributed by atoms with Gasteiger partial charge in [0.05, 0.1) is 14.2 Å². The van der Waals surface area contributed by atoms with Crippen LogP contribution in [-0.4, -0.2) is 14.2 Å². The van der Waals surface area contributed by atoms with E-state index in [-0.39, 0.29) is 21.2 Å². The van der Waals surface area contributed by atoms with Crippen LogP contribution >= 0.6 is 22.7 Å². The molecule has 2 aromatic rings. The predicted octanol–water partition coefficient (Wildman–Crippen LogP) is -0.0448. The Labute approximate surface area is 107 Å². The van der Waals surface area contributed by atoms with Crippen LogP contribution in [0.25, 0.3) is 0 Å². The lowest BCUT2D eigenvalue weighted by Crippen LogP contribution is -3.61. The van der Waals surface area contributed by atoms with Gasteiger partial charge in [-0.3, -0.25) is 0 Å². The van der Waals surface area contributed by atoms with Gasteiger partial charge in [0.1, 0.15) is 0 Å². The molecule has 0 aliphatic carbocycles. The average molecular weight is 353 g/mol. The Bertz CT molecular complexity index is 396. The minimum absolute atomic E-state index is 0.0648. The summed E-state index contributed by atoms with van der Waals surface area (Å²) in [4.78, 5) is 0. The van der Waals surface area contributed by atoms with E-state index in [2.05, 4.69) is 12.1 Å². The first-order valence-corrected chi connectivity index (χ1v) is 8.03. The van der Waals surface area contributed by atoms with Crippen LogP contribution in [0.4, 0.5) is 0 Å². The third kappa shape index (κ3) is 2.85. The van der Waals surface area contributed by atoms with E-state index >= 15 is 0 Å². The van der Waals surface area contributed by atoms with Crippen molar-refractivity contribution in [3.8, 4) is 10.1 Å². The van der Waals surface area contributed by atoms with Crippen LogP contribution < -0.4 is 30.7 Å². The lowest BCUT2D eigenvalue weighted by molar-refractivity contribution is -0.585. The summed E-state index contributed by atoms with van der Waals surface area (Å²) in [6.45, 7) is 0. The van der Waals surface area contributed by atoms with Gasteiger partial charge in [-0.05, 0) is 12.1 Å². The van der Waals surface area contributed by atoms with Crippen LogP contribution in [0.5, 0.6) is 10.1 Å². The molecule has 0 aliphatic heterocycles. The van der Waals surface area contributed by atoms with Crippen molar-refractivity contribution in [2.45, 2.75) is 0 Å². The van der Waals surface area contributed by atoms with Crippen molar-refractivity contribution in [2.24, 2.45) is 0 Å². The van der Waals surface area contributed by atoms with Crippen molar-refractivity contribution >= 4 is 22.7 Å². The Kier molecular flexibility index (Phi) is 3.87. The summed E-state index contributed by atoms with van der Waals surface area (Å²) < 4.78 is 13.2. The van der Waals surface area contributed by atoms with Gasteiger partial charge in [-0.2, -0.15) is 0 Å². The summed E-state index contributed by atoms with van der Waals surface area (Å²) in [5.41, 5.74) is 0. The fourth-order valence-corrected chi connectivity index (χ4v) is 6.83. The molecule has 0 saturated heterocycles. The number of hydrogen-bond donors (Lipinski definition) is 0. The van der Waals surface area contributed by atoms with Crippen LogP contribution in [0.2, 0.25) is 0 Å². The molecule has 0 atom stereocenters. The normalized spacial score (nSPS) is 10.3. The summed E-state index contributed by atoms with van der Waals surface area (Å²) >= 11 is 3.41. The molecule has 2 aromatic heterocycles. The zero-order chi connectivity index (χ0) is 10.7. The van der Waals surface area contributed by atoms with Crippen molar-refractivity contribution in [3.05, 3.63) is 30.0 Å². The maximum atomic E-state index is 5.17. The summed E-state index contributed by atoms with van der Waals surface area (Å²) in [6, 6.07) is 8.38. The van der Waals surface area contributed by atoms with E-state index in [0.717, 1.165) is 10.1 Å². The van der Waals surface area contributed by atoms with Gasteiger partial charge in [-0.25, -0.2) is 0 Å². The molecular formula is C10H10IO2S2+. The largest absolute Gasteiger partial charge is 0.487 e. The number of thiophene rings is 2. The molecule has 0 amide bonds. The number of methoxy groups -OCH3 is 2. The minimum Gasteiger partial charge on any atom is -0.487 e. The maximum absolute atomic E-state index is 5.17. The van der Waals surface area contributed by atoms with Crippen molar-refractivity contribution in [1.29, 1.82) is 0 Å². The average Bonchev–Trinajstić information content (AvgIpc) is 2.87. The molecule has 2 heterocycles. The maximum Gasteiger partial charge on any atom is 0.381 e. The summed E-state index contributed by atoms with van der Waals surface area (Å²) in [5, 5.41) is 1.99. The molecule has 0 saturated carbocycles. The molecule has 0 radical (unpaired) electrons. The van der Waals surface area contributed by atoms with E-state index in [0.29, 0.717) is 0 Å². The molecule has 15 heavy (non-hydrogen) atoms. The fraction of sp³-hybridized carbons (Fsp3) is 0.200. The Hall–Kier alpha value is -0.270. The lowest BCUT2D eigenvalue weighted by atomic mass is 10.7. The molecule has 80 valence electrons. The van der Waals surface area contributed by atoms with Crippen LogP contribution in [0.1, 0.15) is 0 Å². The summed E-state index contributed by atoms with van der Waals surface area (Å²) in [7, 11) is 3.42. The first-order chi connectivity index (χ1) is 7.31. The van der Waals surface area contributed by atoms with Gasteiger partial charge in [0.25, 0.3) is 5.77 Å². The number of halogens is 1. The second-order valence-corrected chi connectivity index (χ2v) is 9.04. The second kappa shape index (κ2) is 5.18. The lowest BCUT2D eigenvalue weighted by Gasteiger charge is -1.86. The van der Waals surface area contributed by atoms with Gasteiger partial charge in [0.2, 0.25) is 0 Å². The van der Waals surface area contributed by atoms with Crippen LogP contribution in [0.15, 0.2) is 24.3 Å². The van der Waals surface area contributed by atoms with Gasteiger partial charge < -0.3 is 9.47 Å². The van der Waals surface area contributed by atoms with Crippen molar-refractivity contribution < 1.29 is 30.7 Å². The zero-order valence-electron chi connectivity index (χ0n) is 8.32. The third-order valence-electron chi connectivity index (χ3n) is 1.69. The van der Waals surface area contributed by atoms with Gasteiger partial charge in [0.15, 0.2) is 10.1 Å². The highest BCUT2D eigenvalue weighted by molar-refractivity contribution is 7.12. The van der Waals surface area contributed by atoms with Crippen molar-refractivity contribution in [2.75, 3.05) is 14.2 Å². The highest BCUT2D eigenvalue weighted by Gasteiger charge is 2.21. The standard InChI is InChI=1S/C10H10IO2S2/c1-12-9-5-3-7(14-9)11-8-4-6-10(13-2)15-8/h3-6H,1-2H3/q+1. The van der Waals surface area contributed by atoms with E-state index < -0.39 is 0 Å². The second-order valence-electron chi connectivity index (χ2n) is 2.62. The molecular weight excluding hydrogens is 343 g/mol. The van der Waals surface area contributed by atoms with Crippen LogP contribution in [-0.2, 0) is 0 Å². The van der Waals surface area contributed by atoms with Gasteiger partial charge in [0, 0.05) is 12.1 Å². The highest BCUT2D eigenvalue weighted by atomic mass is 127. The molecule has 0 aliphatic rings. The zero-order valence-corrected chi connectivity index (χ0v) is 12.1. The van der Waals surface area contributed by atoms with Crippen molar-refractivity contribution in [3.63, 3.8) is 0 Å². The van der Waals surface area contributed by atoms with E-state index in [9.17, 15) is 0 Å². The molecule has 0 aromatic carbocycles. The van der Waals surface area contributed by atoms with E-state index in [1.54, 1.807) is 36.9 Å². The SMILES string of the molecule is COc1ccc([I+]c2ccc(OC)s2)s1.